The van der Waals surface area contributed by atoms with Crippen molar-refractivity contribution < 1.29 is 19.3 Å². The van der Waals surface area contributed by atoms with E-state index in [4.69, 9.17) is 14.2 Å². The Kier molecular flexibility index (Phi) is 6.47. The standard InChI is InChI=1S/C24H29NO4/c26-21-10-6-19(7-11-21)5-4-16-27-22-12-8-20(9-13-22)25-17-23-18-28-24(29-23)14-2-1-3-15-24/h6-13,17,23,26H,1-5,14-16,18H2/t23-/m0/s1. The van der Waals surface area contributed by atoms with Crippen molar-refractivity contribution in [2.24, 2.45) is 4.99 Å². The maximum atomic E-state index is 9.31. The minimum atomic E-state index is -0.354. The number of nitrogens with zero attached hydrogens (tertiary/aromatic N) is 1. The third-order valence-corrected chi connectivity index (χ3v) is 5.53. The second kappa shape index (κ2) is 9.42. The van der Waals surface area contributed by atoms with Gasteiger partial charge in [0.25, 0.3) is 0 Å². The number of aliphatic imine (C=N–C) groups is 1. The van der Waals surface area contributed by atoms with Crippen LogP contribution in [-0.2, 0) is 15.9 Å². The van der Waals surface area contributed by atoms with Crippen LogP contribution in [0.2, 0.25) is 0 Å². The van der Waals surface area contributed by atoms with Crippen LogP contribution in [0.15, 0.2) is 53.5 Å². The van der Waals surface area contributed by atoms with Crippen LogP contribution in [-0.4, -0.2) is 36.4 Å². The van der Waals surface area contributed by atoms with Gasteiger partial charge in [-0.05, 0) is 67.6 Å². The smallest absolute Gasteiger partial charge is 0.169 e. The average Bonchev–Trinajstić information content (AvgIpc) is 3.14. The number of aryl methyl sites for hydroxylation is 1. The predicted molar refractivity (Wildman–Crippen MR) is 113 cm³/mol. The molecule has 1 aliphatic carbocycles. The first-order valence-corrected chi connectivity index (χ1v) is 10.6. The van der Waals surface area contributed by atoms with Gasteiger partial charge in [-0.1, -0.05) is 18.6 Å². The lowest BCUT2D eigenvalue weighted by atomic mass is 9.94. The molecule has 1 N–H and O–H groups in total. The molecule has 1 saturated heterocycles. The number of hydrogen-bond acceptors (Lipinski definition) is 5. The van der Waals surface area contributed by atoms with Gasteiger partial charge in [-0.2, -0.15) is 0 Å². The van der Waals surface area contributed by atoms with Gasteiger partial charge in [-0.3, -0.25) is 4.99 Å². The molecule has 0 aromatic heterocycles. The Morgan fingerprint density at radius 1 is 1.03 bits per heavy atom. The van der Waals surface area contributed by atoms with Crippen molar-refractivity contribution in [1.29, 1.82) is 0 Å². The Morgan fingerprint density at radius 3 is 2.55 bits per heavy atom. The number of hydrogen-bond donors (Lipinski definition) is 1. The summed E-state index contributed by atoms with van der Waals surface area (Å²) in [4.78, 5) is 4.54. The third kappa shape index (κ3) is 5.58. The topological polar surface area (TPSA) is 60.3 Å². The first kappa shape index (κ1) is 19.9. The van der Waals surface area contributed by atoms with Crippen molar-refractivity contribution in [2.45, 2.75) is 56.8 Å². The zero-order valence-corrected chi connectivity index (χ0v) is 16.8. The van der Waals surface area contributed by atoms with Crippen molar-refractivity contribution >= 4 is 11.9 Å². The molecule has 1 spiro atoms. The Hall–Kier alpha value is -2.37. The first-order chi connectivity index (χ1) is 14.2. The SMILES string of the molecule is Oc1ccc(CCCOc2ccc(N=C[C@H]3COC4(CCCCC4)O3)cc2)cc1. The molecule has 5 heteroatoms. The fourth-order valence-corrected chi connectivity index (χ4v) is 3.93. The summed E-state index contributed by atoms with van der Waals surface area (Å²) in [6.45, 7) is 1.24. The lowest BCUT2D eigenvalue weighted by Crippen LogP contribution is -2.33. The molecular weight excluding hydrogens is 366 g/mol. The molecule has 1 aliphatic heterocycles. The molecule has 0 unspecified atom stereocenters. The Balaban J connectivity index is 1.20. The largest absolute Gasteiger partial charge is 0.508 e. The zero-order chi connectivity index (χ0) is 19.9. The second-order valence-corrected chi connectivity index (χ2v) is 7.83. The predicted octanol–water partition coefficient (Wildman–Crippen LogP) is 5.18. The van der Waals surface area contributed by atoms with Gasteiger partial charge in [0.2, 0.25) is 0 Å². The van der Waals surface area contributed by atoms with E-state index in [0.717, 1.165) is 37.1 Å². The number of aromatic hydroxyl groups is 1. The molecule has 29 heavy (non-hydrogen) atoms. The highest BCUT2D eigenvalue weighted by atomic mass is 16.7. The molecule has 1 atom stereocenters. The number of rotatable bonds is 7. The van der Waals surface area contributed by atoms with Crippen molar-refractivity contribution in [1.82, 2.24) is 0 Å². The Labute approximate surface area is 172 Å². The average molecular weight is 395 g/mol. The van der Waals surface area contributed by atoms with E-state index in [0.29, 0.717) is 19.0 Å². The van der Waals surface area contributed by atoms with Gasteiger partial charge in [-0.25, -0.2) is 0 Å². The van der Waals surface area contributed by atoms with Crippen molar-refractivity contribution in [3.8, 4) is 11.5 Å². The Bertz CT molecular complexity index is 795. The van der Waals surface area contributed by atoms with E-state index in [-0.39, 0.29) is 11.9 Å². The van der Waals surface area contributed by atoms with E-state index in [1.54, 1.807) is 12.1 Å². The van der Waals surface area contributed by atoms with Crippen LogP contribution in [0.1, 0.15) is 44.1 Å². The first-order valence-electron chi connectivity index (χ1n) is 10.6. The highest BCUT2D eigenvalue weighted by Gasteiger charge is 2.41. The molecule has 4 rings (SSSR count). The van der Waals surface area contributed by atoms with E-state index < -0.39 is 0 Å². The van der Waals surface area contributed by atoms with Crippen molar-refractivity contribution in [2.75, 3.05) is 13.2 Å². The van der Waals surface area contributed by atoms with Gasteiger partial charge in [0.1, 0.15) is 17.6 Å². The van der Waals surface area contributed by atoms with E-state index in [2.05, 4.69) is 4.99 Å². The molecular formula is C24H29NO4. The summed E-state index contributed by atoms with van der Waals surface area (Å²) in [6.07, 6.45) is 9.27. The van der Waals surface area contributed by atoms with Crippen molar-refractivity contribution in [3.63, 3.8) is 0 Å². The van der Waals surface area contributed by atoms with Crippen LogP contribution >= 0.6 is 0 Å². The number of phenolic OH excluding ortho intramolecular Hbond substituents is 1. The van der Waals surface area contributed by atoms with Crippen LogP contribution in [0.25, 0.3) is 0 Å². The third-order valence-electron chi connectivity index (χ3n) is 5.53. The normalized spacial score (nSPS) is 21.0. The molecule has 2 aromatic carbocycles. The van der Waals surface area contributed by atoms with Crippen LogP contribution < -0.4 is 4.74 Å². The maximum Gasteiger partial charge on any atom is 0.169 e. The molecule has 1 saturated carbocycles. The Morgan fingerprint density at radius 2 is 1.79 bits per heavy atom. The van der Waals surface area contributed by atoms with Crippen LogP contribution in [0.5, 0.6) is 11.5 Å². The molecule has 1 heterocycles. The summed E-state index contributed by atoms with van der Waals surface area (Å²) in [7, 11) is 0. The van der Waals surface area contributed by atoms with Gasteiger partial charge >= 0.3 is 0 Å². The molecule has 2 aliphatic rings. The summed E-state index contributed by atoms with van der Waals surface area (Å²) in [6, 6.07) is 15.1. The summed E-state index contributed by atoms with van der Waals surface area (Å²) >= 11 is 0. The maximum absolute atomic E-state index is 9.31. The number of phenols is 1. The van der Waals surface area contributed by atoms with Gasteiger partial charge < -0.3 is 19.3 Å². The quantitative estimate of drug-likeness (QED) is 0.518. The van der Waals surface area contributed by atoms with E-state index >= 15 is 0 Å². The summed E-state index contributed by atoms with van der Waals surface area (Å²) in [5.41, 5.74) is 2.08. The molecule has 0 bridgehead atoms. The fourth-order valence-electron chi connectivity index (χ4n) is 3.93. The highest BCUT2D eigenvalue weighted by Crippen LogP contribution is 2.37. The monoisotopic (exact) mass is 395 g/mol. The van der Waals surface area contributed by atoms with Crippen molar-refractivity contribution in [3.05, 3.63) is 54.1 Å². The highest BCUT2D eigenvalue weighted by molar-refractivity contribution is 5.68. The lowest BCUT2D eigenvalue weighted by Gasteiger charge is -2.31. The van der Waals surface area contributed by atoms with Gasteiger partial charge in [0.15, 0.2) is 5.79 Å². The van der Waals surface area contributed by atoms with E-state index in [1.165, 1.54) is 24.8 Å². The van der Waals surface area contributed by atoms with E-state index in [9.17, 15) is 5.11 Å². The van der Waals surface area contributed by atoms with Gasteiger partial charge in [0, 0.05) is 19.1 Å². The summed E-state index contributed by atoms with van der Waals surface area (Å²) < 4.78 is 17.9. The molecule has 154 valence electrons. The summed E-state index contributed by atoms with van der Waals surface area (Å²) in [5, 5.41) is 9.31. The second-order valence-electron chi connectivity index (χ2n) is 7.83. The van der Waals surface area contributed by atoms with Crippen LogP contribution in [0, 0.1) is 0 Å². The molecule has 2 aromatic rings. The molecule has 0 amide bonds. The lowest BCUT2D eigenvalue weighted by molar-refractivity contribution is -0.181. The number of benzene rings is 2. The summed E-state index contributed by atoms with van der Waals surface area (Å²) in [5.74, 6) is 0.789. The minimum Gasteiger partial charge on any atom is -0.508 e. The zero-order valence-electron chi connectivity index (χ0n) is 16.8. The van der Waals surface area contributed by atoms with Gasteiger partial charge in [-0.15, -0.1) is 0 Å². The fraction of sp³-hybridized carbons (Fsp3) is 0.458. The molecule has 0 radical (unpaired) electrons. The van der Waals surface area contributed by atoms with E-state index in [1.807, 2.05) is 42.6 Å². The minimum absolute atomic E-state index is 0.0658. The number of ether oxygens (including phenoxy) is 3. The van der Waals surface area contributed by atoms with Crippen LogP contribution in [0.4, 0.5) is 5.69 Å². The molecule has 5 nitrogen and oxygen atoms in total. The molecule has 2 fully saturated rings. The van der Waals surface area contributed by atoms with Crippen LogP contribution in [0.3, 0.4) is 0 Å². The van der Waals surface area contributed by atoms with Gasteiger partial charge in [0.05, 0.1) is 18.9 Å².